The van der Waals surface area contributed by atoms with Crippen molar-refractivity contribution >= 4 is 17.6 Å². The van der Waals surface area contributed by atoms with Crippen LogP contribution in [0.15, 0.2) is 0 Å². The van der Waals surface area contributed by atoms with Crippen LogP contribution in [0, 0.1) is 5.41 Å². The maximum atomic E-state index is 6.99. The molecule has 3 heteroatoms. The summed E-state index contributed by atoms with van der Waals surface area (Å²) in [6, 6.07) is 0. The second kappa shape index (κ2) is 5.59. The van der Waals surface area contributed by atoms with Crippen molar-refractivity contribution in [3.63, 3.8) is 0 Å². The van der Waals surface area contributed by atoms with Gasteiger partial charge in [0, 0.05) is 11.7 Å². The molecule has 0 spiro atoms. The number of amidine groups is 1. The highest BCUT2D eigenvalue weighted by molar-refractivity contribution is 7.99. The lowest BCUT2D eigenvalue weighted by Crippen LogP contribution is -2.11. The average molecular weight is 160 g/mol. The Balaban J connectivity index is 3.21. The third-order valence-electron chi connectivity index (χ3n) is 1.27. The number of hydrogen-bond acceptors (Lipinski definition) is 2. The van der Waals surface area contributed by atoms with Crippen LogP contribution in [0.1, 0.15) is 26.7 Å². The lowest BCUT2D eigenvalue weighted by atomic mass is 10.2. The number of rotatable bonds is 5. The van der Waals surface area contributed by atoms with E-state index in [-0.39, 0.29) is 0 Å². The summed E-state index contributed by atoms with van der Waals surface area (Å²) in [5, 5.41) is 7.64. The first kappa shape index (κ1) is 9.82. The normalized spacial score (nSPS) is 13.0. The molecule has 0 aliphatic carbocycles. The Morgan fingerprint density at radius 3 is 2.70 bits per heavy atom. The lowest BCUT2D eigenvalue weighted by Gasteiger charge is -2.07. The summed E-state index contributed by atoms with van der Waals surface area (Å²) < 4.78 is 0. The fourth-order valence-corrected chi connectivity index (χ4v) is 1.58. The fourth-order valence-electron chi connectivity index (χ4n) is 0.727. The summed E-state index contributed by atoms with van der Waals surface area (Å²) in [7, 11) is 0. The van der Waals surface area contributed by atoms with Crippen molar-refractivity contribution in [3.8, 4) is 0 Å². The van der Waals surface area contributed by atoms with E-state index in [4.69, 9.17) is 11.1 Å². The van der Waals surface area contributed by atoms with Crippen LogP contribution in [-0.2, 0) is 0 Å². The lowest BCUT2D eigenvalue weighted by molar-refractivity contribution is 0.846. The van der Waals surface area contributed by atoms with E-state index in [0.717, 1.165) is 18.6 Å². The number of hydrogen-bond donors (Lipinski definition) is 2. The minimum absolute atomic E-state index is 0.309. The van der Waals surface area contributed by atoms with Gasteiger partial charge in [0.05, 0.1) is 5.84 Å². The molecule has 0 aromatic carbocycles. The molecule has 0 heterocycles. The Morgan fingerprint density at radius 1 is 1.70 bits per heavy atom. The molecule has 10 heavy (non-hydrogen) atoms. The molecule has 0 radical (unpaired) electrons. The van der Waals surface area contributed by atoms with E-state index in [1.807, 2.05) is 11.8 Å². The van der Waals surface area contributed by atoms with Gasteiger partial charge in [-0.25, -0.2) is 0 Å². The van der Waals surface area contributed by atoms with Crippen LogP contribution in [0.4, 0.5) is 0 Å². The molecule has 0 aromatic rings. The quantitative estimate of drug-likeness (QED) is 0.476. The molecule has 0 aliphatic rings. The van der Waals surface area contributed by atoms with Gasteiger partial charge in [-0.05, 0) is 12.2 Å². The molecular weight excluding hydrogens is 144 g/mol. The molecule has 3 N–H and O–H groups in total. The van der Waals surface area contributed by atoms with Crippen LogP contribution < -0.4 is 5.73 Å². The van der Waals surface area contributed by atoms with Gasteiger partial charge in [0.15, 0.2) is 0 Å². The van der Waals surface area contributed by atoms with Gasteiger partial charge >= 0.3 is 0 Å². The predicted octanol–water partition coefficient (Wildman–Crippen LogP) is 1.84. The van der Waals surface area contributed by atoms with E-state index in [1.54, 1.807) is 0 Å². The summed E-state index contributed by atoms with van der Waals surface area (Å²) in [6.07, 6.45) is 1.78. The molecule has 0 aliphatic heterocycles. The molecule has 0 bridgehead atoms. The largest absolute Gasteiger partial charge is 0.388 e. The first-order valence-electron chi connectivity index (χ1n) is 3.61. The van der Waals surface area contributed by atoms with E-state index in [0.29, 0.717) is 11.1 Å². The van der Waals surface area contributed by atoms with Crippen LogP contribution in [0.2, 0.25) is 0 Å². The van der Waals surface area contributed by atoms with Crippen LogP contribution in [0.5, 0.6) is 0 Å². The van der Waals surface area contributed by atoms with Crippen molar-refractivity contribution in [3.05, 3.63) is 0 Å². The number of thioether (sulfide) groups is 1. The molecule has 2 nitrogen and oxygen atoms in total. The van der Waals surface area contributed by atoms with E-state index < -0.39 is 0 Å². The van der Waals surface area contributed by atoms with Gasteiger partial charge in [0.25, 0.3) is 0 Å². The smallest absolute Gasteiger partial charge is 0.0905 e. The standard InChI is InChI=1S/C7H16N2S/c1-3-10-6(2)4-5-7(8)9/h6H,3-5H2,1-2H3,(H3,8,9). The van der Waals surface area contributed by atoms with Crippen molar-refractivity contribution in [2.45, 2.75) is 31.9 Å². The summed E-state index contributed by atoms with van der Waals surface area (Å²) in [6.45, 7) is 4.33. The van der Waals surface area contributed by atoms with Crippen LogP contribution >= 0.6 is 11.8 Å². The molecule has 0 amide bonds. The zero-order valence-corrected chi connectivity index (χ0v) is 7.50. The second-order valence-corrected chi connectivity index (χ2v) is 4.05. The monoisotopic (exact) mass is 160 g/mol. The van der Waals surface area contributed by atoms with Gasteiger partial charge < -0.3 is 5.73 Å². The Kier molecular flexibility index (Phi) is 5.49. The van der Waals surface area contributed by atoms with Crippen molar-refractivity contribution in [2.75, 3.05) is 5.75 Å². The molecule has 0 saturated heterocycles. The Hall–Kier alpha value is -0.180. The van der Waals surface area contributed by atoms with E-state index >= 15 is 0 Å². The fraction of sp³-hybridized carbons (Fsp3) is 0.857. The number of nitrogens with two attached hydrogens (primary N) is 1. The third-order valence-corrected chi connectivity index (χ3v) is 2.41. The maximum absolute atomic E-state index is 6.99. The van der Waals surface area contributed by atoms with Crippen molar-refractivity contribution < 1.29 is 0 Å². The van der Waals surface area contributed by atoms with E-state index in [2.05, 4.69) is 13.8 Å². The molecule has 60 valence electrons. The second-order valence-electron chi connectivity index (χ2n) is 2.33. The van der Waals surface area contributed by atoms with Crippen LogP contribution in [0.3, 0.4) is 0 Å². The molecule has 0 fully saturated rings. The molecule has 0 rings (SSSR count). The highest BCUT2D eigenvalue weighted by atomic mass is 32.2. The van der Waals surface area contributed by atoms with Gasteiger partial charge in [-0.1, -0.05) is 13.8 Å². The summed E-state index contributed by atoms with van der Waals surface area (Å²) >= 11 is 1.92. The average Bonchev–Trinajstić information content (AvgIpc) is 1.85. The van der Waals surface area contributed by atoms with E-state index in [1.165, 1.54) is 0 Å². The molecule has 0 saturated carbocycles. The molecule has 1 unspecified atom stereocenters. The van der Waals surface area contributed by atoms with Crippen molar-refractivity contribution in [1.29, 1.82) is 5.41 Å². The molecular formula is C7H16N2S. The Labute approximate surface area is 67.1 Å². The minimum atomic E-state index is 0.309. The third kappa shape index (κ3) is 5.95. The Morgan fingerprint density at radius 2 is 2.30 bits per heavy atom. The first-order chi connectivity index (χ1) is 4.66. The van der Waals surface area contributed by atoms with Crippen molar-refractivity contribution in [2.24, 2.45) is 5.73 Å². The zero-order valence-electron chi connectivity index (χ0n) is 6.68. The van der Waals surface area contributed by atoms with E-state index in [9.17, 15) is 0 Å². The van der Waals surface area contributed by atoms with Gasteiger partial charge in [-0.2, -0.15) is 11.8 Å². The van der Waals surface area contributed by atoms with Gasteiger partial charge in [-0.3, -0.25) is 5.41 Å². The Bertz CT molecular complexity index is 104. The SMILES string of the molecule is CCSC(C)CCC(=N)N. The van der Waals surface area contributed by atoms with Crippen molar-refractivity contribution in [1.82, 2.24) is 0 Å². The maximum Gasteiger partial charge on any atom is 0.0905 e. The highest BCUT2D eigenvalue weighted by Crippen LogP contribution is 2.14. The summed E-state index contributed by atoms with van der Waals surface area (Å²) in [5.74, 6) is 1.46. The summed E-state index contributed by atoms with van der Waals surface area (Å²) in [5.41, 5.74) is 5.21. The minimum Gasteiger partial charge on any atom is -0.388 e. The summed E-state index contributed by atoms with van der Waals surface area (Å²) in [4.78, 5) is 0. The topological polar surface area (TPSA) is 49.9 Å². The molecule has 1 atom stereocenters. The molecule has 0 aromatic heterocycles. The van der Waals surface area contributed by atoms with Gasteiger partial charge in [0.1, 0.15) is 0 Å². The predicted molar refractivity (Wildman–Crippen MR) is 48.7 cm³/mol. The van der Waals surface area contributed by atoms with Crippen LogP contribution in [-0.4, -0.2) is 16.8 Å². The first-order valence-corrected chi connectivity index (χ1v) is 4.66. The number of nitrogens with one attached hydrogen (secondary N) is 1. The highest BCUT2D eigenvalue weighted by Gasteiger charge is 2.00. The van der Waals surface area contributed by atoms with Gasteiger partial charge in [0.2, 0.25) is 0 Å². The zero-order chi connectivity index (χ0) is 7.98. The van der Waals surface area contributed by atoms with Crippen LogP contribution in [0.25, 0.3) is 0 Å². The van der Waals surface area contributed by atoms with Gasteiger partial charge in [-0.15, -0.1) is 0 Å².